The van der Waals surface area contributed by atoms with E-state index in [1.807, 2.05) is 0 Å². The normalized spacial score (nSPS) is 23.4. The summed E-state index contributed by atoms with van der Waals surface area (Å²) < 4.78 is 67.9. The molecule has 1 rings (SSSR count). The molecule has 0 spiro atoms. The van der Waals surface area contributed by atoms with E-state index in [4.69, 9.17) is 0 Å². The molecule has 1 unspecified atom stereocenters. The molecule has 0 saturated heterocycles. The molecule has 10 heteroatoms. The van der Waals surface area contributed by atoms with Crippen LogP contribution in [-0.2, 0) is 23.8 Å². The van der Waals surface area contributed by atoms with Crippen LogP contribution in [0.2, 0.25) is 0 Å². The monoisotopic (exact) mass is 346 g/mol. The Labute approximate surface area is 126 Å². The second-order valence-corrected chi connectivity index (χ2v) is 6.44. The Balaban J connectivity index is 3.05. The lowest BCUT2D eigenvalue weighted by molar-refractivity contribution is -0.147. The number of halogens is 3. The summed E-state index contributed by atoms with van der Waals surface area (Å²) in [6.45, 7) is 2.89. The van der Waals surface area contributed by atoms with Crippen LogP contribution in [0.25, 0.3) is 0 Å². The molecule has 0 aliphatic heterocycles. The number of alkyl halides is 3. The molecule has 1 aliphatic carbocycles. The highest BCUT2D eigenvalue weighted by Crippen LogP contribution is 2.39. The number of rotatable bonds is 5. The number of hydrogen-bond donors (Lipinski definition) is 1. The zero-order valence-corrected chi connectivity index (χ0v) is 12.9. The minimum absolute atomic E-state index is 0.0771. The van der Waals surface area contributed by atoms with Gasteiger partial charge in [-0.2, -0.15) is 21.6 Å². The maximum Gasteiger partial charge on any atom is 0.534 e. The summed E-state index contributed by atoms with van der Waals surface area (Å²) in [5, 5.41) is 10.4. The van der Waals surface area contributed by atoms with Crippen LogP contribution >= 0.6 is 0 Å². The highest BCUT2D eigenvalue weighted by atomic mass is 32.2. The lowest BCUT2D eigenvalue weighted by Crippen LogP contribution is -2.38. The maximum atomic E-state index is 12.3. The first-order chi connectivity index (χ1) is 9.93. The van der Waals surface area contributed by atoms with Crippen molar-refractivity contribution in [1.29, 1.82) is 0 Å². The highest BCUT2D eigenvalue weighted by molar-refractivity contribution is 7.87. The fourth-order valence-electron chi connectivity index (χ4n) is 2.13. The van der Waals surface area contributed by atoms with Gasteiger partial charge in [0.05, 0.1) is 18.6 Å². The van der Waals surface area contributed by atoms with Crippen LogP contribution < -0.4 is 0 Å². The summed E-state index contributed by atoms with van der Waals surface area (Å²) in [7, 11) is -5.80. The molecular formula is C12H17F3O6S. The van der Waals surface area contributed by atoms with E-state index < -0.39 is 39.4 Å². The van der Waals surface area contributed by atoms with Crippen molar-refractivity contribution >= 4 is 16.1 Å². The summed E-state index contributed by atoms with van der Waals surface area (Å²) in [5.74, 6) is -1.22. The van der Waals surface area contributed by atoms with Gasteiger partial charge in [0.2, 0.25) is 0 Å². The van der Waals surface area contributed by atoms with E-state index in [1.165, 1.54) is 6.92 Å². The predicted octanol–water partition coefficient (Wildman–Crippen LogP) is 1.99. The Morgan fingerprint density at radius 1 is 1.41 bits per heavy atom. The Morgan fingerprint density at radius 2 is 2.00 bits per heavy atom. The van der Waals surface area contributed by atoms with Crippen molar-refractivity contribution in [1.82, 2.24) is 0 Å². The van der Waals surface area contributed by atoms with E-state index in [9.17, 15) is 31.5 Å². The van der Waals surface area contributed by atoms with Crippen LogP contribution in [0.15, 0.2) is 11.3 Å². The van der Waals surface area contributed by atoms with Crippen molar-refractivity contribution in [3.05, 3.63) is 11.3 Å². The molecule has 0 amide bonds. The molecule has 0 saturated carbocycles. The number of carbonyl (C=O) groups excluding carboxylic acids is 1. The quantitative estimate of drug-likeness (QED) is 0.465. The van der Waals surface area contributed by atoms with E-state index in [0.29, 0.717) is 0 Å². The number of esters is 1. The minimum Gasteiger partial charge on any atom is -0.466 e. The van der Waals surface area contributed by atoms with Crippen molar-refractivity contribution in [3.63, 3.8) is 0 Å². The van der Waals surface area contributed by atoms with Gasteiger partial charge in [-0.15, -0.1) is 0 Å². The Morgan fingerprint density at radius 3 is 2.50 bits per heavy atom. The third kappa shape index (κ3) is 4.13. The molecular weight excluding hydrogens is 329 g/mol. The van der Waals surface area contributed by atoms with Gasteiger partial charge in [-0.25, -0.2) is 0 Å². The van der Waals surface area contributed by atoms with Gasteiger partial charge in [-0.05, 0) is 32.3 Å². The van der Waals surface area contributed by atoms with Crippen LogP contribution in [0.4, 0.5) is 13.2 Å². The first-order valence-electron chi connectivity index (χ1n) is 6.52. The summed E-state index contributed by atoms with van der Waals surface area (Å²) in [4.78, 5) is 11.5. The van der Waals surface area contributed by atoms with E-state index in [1.54, 1.807) is 6.92 Å². The van der Waals surface area contributed by atoms with E-state index in [0.717, 1.165) is 0 Å². The van der Waals surface area contributed by atoms with Crippen molar-refractivity contribution in [2.24, 2.45) is 0 Å². The summed E-state index contributed by atoms with van der Waals surface area (Å²) in [6.07, 6.45) is -0.287. The fourth-order valence-corrected chi connectivity index (χ4v) is 2.70. The maximum absolute atomic E-state index is 12.3. The Bertz CT molecular complexity index is 566. The average Bonchev–Trinajstić information content (AvgIpc) is 2.33. The molecule has 0 fully saturated rings. The SMILES string of the molecule is CCOC(=O)CC1(O)CCCC(OS(=O)(=O)C(F)(F)F)=C1C. The lowest BCUT2D eigenvalue weighted by Gasteiger charge is -2.33. The molecule has 1 atom stereocenters. The van der Waals surface area contributed by atoms with Gasteiger partial charge in [0.25, 0.3) is 0 Å². The van der Waals surface area contributed by atoms with Gasteiger partial charge in [-0.3, -0.25) is 4.79 Å². The standard InChI is InChI=1S/C12H17F3O6S/c1-3-20-10(16)7-11(17)6-4-5-9(8(11)2)21-22(18,19)12(13,14)15/h17H,3-7H2,1-2H3. The minimum atomic E-state index is -5.80. The van der Waals surface area contributed by atoms with Gasteiger partial charge < -0.3 is 14.0 Å². The molecule has 128 valence electrons. The molecule has 22 heavy (non-hydrogen) atoms. The second-order valence-electron chi connectivity index (χ2n) is 4.90. The molecule has 0 radical (unpaired) electrons. The Hall–Kier alpha value is -1.29. The molecule has 0 heterocycles. The van der Waals surface area contributed by atoms with Crippen LogP contribution in [0.3, 0.4) is 0 Å². The molecule has 0 aromatic heterocycles. The third-order valence-corrected chi connectivity index (χ3v) is 4.33. The summed E-state index contributed by atoms with van der Waals surface area (Å²) in [6, 6.07) is 0. The van der Waals surface area contributed by atoms with Crippen LogP contribution in [0, 0.1) is 0 Å². The fraction of sp³-hybridized carbons (Fsp3) is 0.750. The molecule has 6 nitrogen and oxygen atoms in total. The molecule has 0 aromatic carbocycles. The number of allylic oxidation sites excluding steroid dienone is 1. The zero-order valence-electron chi connectivity index (χ0n) is 12.1. The first kappa shape index (κ1) is 18.8. The average molecular weight is 346 g/mol. The first-order valence-corrected chi connectivity index (χ1v) is 7.93. The molecule has 1 N–H and O–H groups in total. The summed E-state index contributed by atoms with van der Waals surface area (Å²) in [5.41, 5.74) is -7.45. The molecule has 0 aromatic rings. The second kappa shape index (κ2) is 6.45. The van der Waals surface area contributed by atoms with Crippen molar-refractivity contribution < 1.29 is 40.4 Å². The van der Waals surface area contributed by atoms with Crippen molar-refractivity contribution in [2.75, 3.05) is 6.61 Å². The van der Waals surface area contributed by atoms with Gasteiger partial charge >= 0.3 is 21.6 Å². The third-order valence-electron chi connectivity index (χ3n) is 3.35. The highest BCUT2D eigenvalue weighted by Gasteiger charge is 2.50. The number of aliphatic hydroxyl groups is 1. The topological polar surface area (TPSA) is 89.9 Å². The van der Waals surface area contributed by atoms with Gasteiger partial charge in [0.15, 0.2) is 0 Å². The van der Waals surface area contributed by atoms with Gasteiger partial charge in [0, 0.05) is 6.42 Å². The molecule has 1 aliphatic rings. The summed E-state index contributed by atoms with van der Waals surface area (Å²) >= 11 is 0. The molecule has 0 bridgehead atoms. The lowest BCUT2D eigenvalue weighted by atomic mass is 9.81. The number of hydrogen-bond acceptors (Lipinski definition) is 6. The zero-order chi connectivity index (χ0) is 17.2. The van der Waals surface area contributed by atoms with Crippen LogP contribution in [0.5, 0.6) is 0 Å². The smallest absolute Gasteiger partial charge is 0.466 e. The van der Waals surface area contributed by atoms with E-state index in [-0.39, 0.29) is 31.4 Å². The van der Waals surface area contributed by atoms with Crippen molar-refractivity contribution in [3.8, 4) is 0 Å². The van der Waals surface area contributed by atoms with Gasteiger partial charge in [0.1, 0.15) is 5.76 Å². The van der Waals surface area contributed by atoms with E-state index >= 15 is 0 Å². The number of ether oxygens (including phenoxy) is 1. The Kier molecular flexibility index (Phi) is 5.50. The predicted molar refractivity (Wildman–Crippen MR) is 68.8 cm³/mol. The van der Waals surface area contributed by atoms with Crippen LogP contribution in [-0.4, -0.2) is 37.2 Å². The van der Waals surface area contributed by atoms with E-state index in [2.05, 4.69) is 8.92 Å². The van der Waals surface area contributed by atoms with Gasteiger partial charge in [-0.1, -0.05) is 0 Å². The van der Waals surface area contributed by atoms with Crippen molar-refractivity contribution in [2.45, 2.75) is 50.6 Å². The number of carbonyl (C=O) groups is 1. The largest absolute Gasteiger partial charge is 0.534 e. The van der Waals surface area contributed by atoms with Crippen LogP contribution in [0.1, 0.15) is 39.5 Å².